The Morgan fingerprint density at radius 1 is 0.783 bits per heavy atom. The van der Waals surface area contributed by atoms with E-state index < -0.39 is 51.7 Å². The molecule has 0 aliphatic rings. The third kappa shape index (κ3) is 2.77. The predicted molar refractivity (Wildman–Crippen MR) is 75.2 cm³/mol. The lowest BCUT2D eigenvalue weighted by Crippen LogP contribution is -2.15. The summed E-state index contributed by atoms with van der Waals surface area (Å²) in [6.45, 7) is 0. The molecule has 2 aromatic rings. The SMILES string of the molecule is O=C(O)c1cccc(C(=O)c2cc(O)c(O)c(O)c2)c1C(=O)O. The molecule has 2 aromatic carbocycles. The van der Waals surface area contributed by atoms with Crippen LogP contribution in [0.25, 0.3) is 0 Å². The van der Waals surface area contributed by atoms with E-state index in [2.05, 4.69) is 0 Å². The molecule has 0 saturated heterocycles. The second-order valence-electron chi connectivity index (χ2n) is 4.53. The molecule has 0 amide bonds. The van der Waals surface area contributed by atoms with Gasteiger partial charge in [0.25, 0.3) is 0 Å². The Balaban J connectivity index is 2.67. The number of aromatic hydroxyl groups is 3. The smallest absolute Gasteiger partial charge is 0.337 e. The Labute approximate surface area is 128 Å². The van der Waals surface area contributed by atoms with Gasteiger partial charge in [0.05, 0.1) is 11.1 Å². The summed E-state index contributed by atoms with van der Waals surface area (Å²) in [6, 6.07) is 5.00. The van der Waals surface area contributed by atoms with Crippen LogP contribution in [0.2, 0.25) is 0 Å². The molecule has 0 bridgehead atoms. The van der Waals surface area contributed by atoms with E-state index in [9.17, 15) is 34.8 Å². The van der Waals surface area contributed by atoms with Crippen LogP contribution < -0.4 is 0 Å². The number of phenols is 3. The van der Waals surface area contributed by atoms with Crippen LogP contribution in [0.4, 0.5) is 0 Å². The molecular weight excluding hydrogens is 308 g/mol. The molecule has 0 unspecified atom stereocenters. The third-order valence-corrected chi connectivity index (χ3v) is 3.09. The van der Waals surface area contributed by atoms with Crippen LogP contribution in [0.15, 0.2) is 30.3 Å². The molecule has 0 aromatic heterocycles. The minimum absolute atomic E-state index is 0.317. The Bertz CT molecular complexity index is 814. The summed E-state index contributed by atoms with van der Waals surface area (Å²) in [5.74, 6) is -6.46. The maximum atomic E-state index is 12.4. The molecule has 0 heterocycles. The number of benzene rings is 2. The molecule has 0 radical (unpaired) electrons. The van der Waals surface area contributed by atoms with E-state index in [-0.39, 0.29) is 5.56 Å². The number of carbonyl (C=O) groups is 3. The molecule has 0 saturated carbocycles. The molecule has 23 heavy (non-hydrogen) atoms. The summed E-state index contributed by atoms with van der Waals surface area (Å²) in [7, 11) is 0. The minimum atomic E-state index is -1.61. The average Bonchev–Trinajstić information content (AvgIpc) is 2.50. The van der Waals surface area contributed by atoms with Crippen LogP contribution in [0.1, 0.15) is 36.6 Å². The first-order valence-electron chi connectivity index (χ1n) is 6.13. The lowest BCUT2D eigenvalue weighted by molar-refractivity contribution is 0.0649. The molecule has 0 atom stereocenters. The lowest BCUT2D eigenvalue weighted by atomic mass is 9.94. The molecule has 2 rings (SSSR count). The van der Waals surface area contributed by atoms with Gasteiger partial charge in [0.15, 0.2) is 23.0 Å². The minimum Gasteiger partial charge on any atom is -0.504 e. The van der Waals surface area contributed by atoms with E-state index >= 15 is 0 Å². The summed E-state index contributed by atoms with van der Waals surface area (Å²) < 4.78 is 0. The van der Waals surface area contributed by atoms with E-state index in [0.717, 1.165) is 24.3 Å². The molecule has 0 fully saturated rings. The van der Waals surface area contributed by atoms with Gasteiger partial charge in [-0.2, -0.15) is 0 Å². The maximum Gasteiger partial charge on any atom is 0.337 e. The third-order valence-electron chi connectivity index (χ3n) is 3.09. The predicted octanol–water partition coefficient (Wildman–Crippen LogP) is 1.43. The maximum absolute atomic E-state index is 12.4. The zero-order valence-corrected chi connectivity index (χ0v) is 11.3. The first kappa shape index (κ1) is 15.8. The molecule has 0 aliphatic heterocycles. The molecule has 0 spiro atoms. The van der Waals surface area contributed by atoms with Crippen molar-refractivity contribution >= 4 is 17.7 Å². The van der Waals surface area contributed by atoms with Crippen LogP contribution in [0, 0.1) is 0 Å². The standard InChI is InChI=1S/C15H10O8/c16-9-4-6(5-10(17)13(9)19)12(18)7-2-1-3-8(14(20)21)11(7)15(22)23/h1-5,16-17,19H,(H,20,21)(H,22,23). The number of hydrogen-bond acceptors (Lipinski definition) is 6. The monoisotopic (exact) mass is 318 g/mol. The van der Waals surface area contributed by atoms with Gasteiger partial charge in [-0.25, -0.2) is 9.59 Å². The van der Waals surface area contributed by atoms with Crippen LogP contribution in [0.3, 0.4) is 0 Å². The number of ketones is 1. The van der Waals surface area contributed by atoms with Crippen molar-refractivity contribution in [2.75, 3.05) is 0 Å². The Kier molecular flexibility index (Phi) is 3.91. The fraction of sp³-hybridized carbons (Fsp3) is 0. The highest BCUT2D eigenvalue weighted by molar-refractivity contribution is 6.17. The topological polar surface area (TPSA) is 152 Å². The van der Waals surface area contributed by atoms with Gasteiger partial charge in [0.2, 0.25) is 0 Å². The van der Waals surface area contributed by atoms with Gasteiger partial charge in [0, 0.05) is 11.1 Å². The van der Waals surface area contributed by atoms with Crippen molar-refractivity contribution in [2.45, 2.75) is 0 Å². The fourth-order valence-electron chi connectivity index (χ4n) is 2.04. The Morgan fingerprint density at radius 2 is 1.30 bits per heavy atom. The van der Waals surface area contributed by atoms with E-state index in [1.54, 1.807) is 0 Å². The second kappa shape index (κ2) is 5.68. The molecule has 118 valence electrons. The van der Waals surface area contributed by atoms with Crippen molar-refractivity contribution in [1.82, 2.24) is 0 Å². The molecule has 8 heteroatoms. The van der Waals surface area contributed by atoms with Gasteiger partial charge in [0.1, 0.15) is 0 Å². The van der Waals surface area contributed by atoms with Gasteiger partial charge >= 0.3 is 11.9 Å². The number of rotatable bonds is 4. The van der Waals surface area contributed by atoms with Crippen LogP contribution in [0.5, 0.6) is 17.2 Å². The van der Waals surface area contributed by atoms with Crippen LogP contribution in [-0.2, 0) is 0 Å². The Hall–Kier alpha value is -3.55. The van der Waals surface area contributed by atoms with Crippen molar-refractivity contribution < 1.29 is 39.9 Å². The molecule has 5 N–H and O–H groups in total. The summed E-state index contributed by atoms with van der Waals surface area (Å²) in [5, 5.41) is 46.3. The molecular formula is C15H10O8. The number of carboxylic acid groups (broad SMARTS) is 2. The van der Waals surface area contributed by atoms with Crippen molar-refractivity contribution in [3.05, 3.63) is 52.6 Å². The van der Waals surface area contributed by atoms with Gasteiger partial charge in [-0.15, -0.1) is 0 Å². The van der Waals surface area contributed by atoms with Crippen molar-refractivity contribution in [3.8, 4) is 17.2 Å². The normalized spacial score (nSPS) is 10.3. The van der Waals surface area contributed by atoms with E-state index in [4.69, 9.17) is 5.11 Å². The summed E-state index contributed by atoms with van der Waals surface area (Å²) in [5.41, 5.74) is -2.03. The number of aromatic carboxylic acids is 2. The van der Waals surface area contributed by atoms with Gasteiger partial charge in [-0.3, -0.25) is 4.79 Å². The first-order valence-corrected chi connectivity index (χ1v) is 6.13. The fourth-order valence-corrected chi connectivity index (χ4v) is 2.04. The number of carboxylic acids is 2. The highest BCUT2D eigenvalue weighted by atomic mass is 16.4. The number of hydrogen-bond donors (Lipinski definition) is 5. The van der Waals surface area contributed by atoms with Crippen molar-refractivity contribution in [2.24, 2.45) is 0 Å². The summed E-state index contributed by atoms with van der Waals surface area (Å²) >= 11 is 0. The van der Waals surface area contributed by atoms with Gasteiger partial charge < -0.3 is 25.5 Å². The Morgan fingerprint density at radius 3 is 1.78 bits per heavy atom. The molecule has 0 aliphatic carbocycles. The zero-order valence-electron chi connectivity index (χ0n) is 11.3. The highest BCUT2D eigenvalue weighted by Crippen LogP contribution is 2.36. The van der Waals surface area contributed by atoms with E-state index in [0.29, 0.717) is 0 Å². The second-order valence-corrected chi connectivity index (χ2v) is 4.53. The number of phenolic OH excluding ortho intramolecular Hbond substituents is 3. The molecule has 8 nitrogen and oxygen atoms in total. The van der Waals surface area contributed by atoms with Gasteiger partial charge in [-0.1, -0.05) is 12.1 Å². The van der Waals surface area contributed by atoms with Crippen LogP contribution >= 0.6 is 0 Å². The summed E-state index contributed by atoms with van der Waals surface area (Å²) in [4.78, 5) is 34.8. The summed E-state index contributed by atoms with van der Waals surface area (Å²) in [6.07, 6.45) is 0. The first-order chi connectivity index (χ1) is 10.7. The van der Waals surface area contributed by atoms with E-state index in [1.807, 2.05) is 0 Å². The average molecular weight is 318 g/mol. The highest BCUT2D eigenvalue weighted by Gasteiger charge is 2.25. The number of carbonyl (C=O) groups excluding carboxylic acids is 1. The van der Waals surface area contributed by atoms with Crippen LogP contribution in [-0.4, -0.2) is 43.3 Å². The van der Waals surface area contributed by atoms with Crippen molar-refractivity contribution in [1.29, 1.82) is 0 Å². The van der Waals surface area contributed by atoms with Gasteiger partial charge in [-0.05, 0) is 18.2 Å². The lowest BCUT2D eigenvalue weighted by Gasteiger charge is -2.09. The zero-order chi connectivity index (χ0) is 17.3. The largest absolute Gasteiger partial charge is 0.504 e. The van der Waals surface area contributed by atoms with E-state index in [1.165, 1.54) is 6.07 Å². The quantitative estimate of drug-likeness (QED) is 0.419. The van der Waals surface area contributed by atoms with Crippen molar-refractivity contribution in [3.63, 3.8) is 0 Å².